The topological polar surface area (TPSA) is 76.7 Å². The number of carbonyl (C=O) groups is 2. The third kappa shape index (κ3) is 7.67. The Balaban J connectivity index is 1.56. The van der Waals surface area contributed by atoms with Crippen LogP contribution in [0.3, 0.4) is 0 Å². The van der Waals surface area contributed by atoms with Crippen LogP contribution >= 0.6 is 0 Å². The number of benzene rings is 2. The number of nitrogens with one attached hydrogen (secondary N) is 2. The molecule has 3 rings (SSSR count). The van der Waals surface area contributed by atoms with Crippen molar-refractivity contribution < 1.29 is 19.1 Å². The van der Waals surface area contributed by atoms with E-state index in [1.165, 1.54) is 6.08 Å². The highest BCUT2D eigenvalue weighted by Gasteiger charge is 2.29. The summed E-state index contributed by atoms with van der Waals surface area (Å²) in [5.74, 6) is 1.86. The molecule has 2 amide bonds. The second kappa shape index (κ2) is 11.5. The molecule has 0 aliphatic heterocycles. The van der Waals surface area contributed by atoms with Crippen molar-refractivity contribution in [3.63, 3.8) is 0 Å². The Bertz CT molecular complexity index is 978. The minimum Gasteiger partial charge on any atom is -0.490 e. The van der Waals surface area contributed by atoms with Gasteiger partial charge in [0.15, 0.2) is 11.5 Å². The van der Waals surface area contributed by atoms with E-state index in [1.807, 2.05) is 56.3 Å². The maximum Gasteiger partial charge on any atom is 0.244 e. The molecule has 6 nitrogen and oxygen atoms in total. The molecule has 0 saturated heterocycles. The average molecular weight is 451 g/mol. The molecular weight excluding hydrogens is 416 g/mol. The van der Waals surface area contributed by atoms with E-state index in [0.717, 1.165) is 29.7 Å². The lowest BCUT2D eigenvalue weighted by Gasteiger charge is -2.14. The molecule has 1 fully saturated rings. The first-order valence-electron chi connectivity index (χ1n) is 11.6. The molecule has 0 spiro atoms. The van der Waals surface area contributed by atoms with Gasteiger partial charge >= 0.3 is 0 Å². The second-order valence-corrected chi connectivity index (χ2v) is 8.79. The zero-order chi connectivity index (χ0) is 23.8. The van der Waals surface area contributed by atoms with Crippen molar-refractivity contribution in [2.75, 3.05) is 18.5 Å². The van der Waals surface area contributed by atoms with Crippen molar-refractivity contribution in [2.45, 2.75) is 46.6 Å². The molecular formula is C27H34N2O4. The van der Waals surface area contributed by atoms with Crippen molar-refractivity contribution in [1.29, 1.82) is 0 Å². The van der Waals surface area contributed by atoms with Gasteiger partial charge in [0.1, 0.15) is 0 Å². The largest absolute Gasteiger partial charge is 0.490 e. The highest BCUT2D eigenvalue weighted by Crippen LogP contribution is 2.31. The zero-order valence-electron chi connectivity index (χ0n) is 19.9. The lowest BCUT2D eigenvalue weighted by atomic mass is 10.1. The molecule has 1 saturated carbocycles. The smallest absolute Gasteiger partial charge is 0.244 e. The van der Waals surface area contributed by atoms with Crippen LogP contribution in [0.25, 0.3) is 6.08 Å². The molecule has 6 heteroatoms. The van der Waals surface area contributed by atoms with Gasteiger partial charge in [-0.2, -0.15) is 0 Å². The fraction of sp³-hybridized carbons (Fsp3) is 0.407. The minimum absolute atomic E-state index is 0.0845. The number of rotatable bonds is 11. The Kier molecular flexibility index (Phi) is 8.52. The summed E-state index contributed by atoms with van der Waals surface area (Å²) in [4.78, 5) is 24.3. The maximum atomic E-state index is 12.4. The summed E-state index contributed by atoms with van der Waals surface area (Å²) in [6.07, 6.45) is 5.22. The fourth-order valence-electron chi connectivity index (χ4n) is 3.23. The van der Waals surface area contributed by atoms with Crippen LogP contribution in [0.2, 0.25) is 0 Å². The molecule has 1 unspecified atom stereocenters. The van der Waals surface area contributed by atoms with Gasteiger partial charge in [-0.25, -0.2) is 0 Å². The lowest BCUT2D eigenvalue weighted by Crippen LogP contribution is -2.24. The van der Waals surface area contributed by atoms with Crippen molar-refractivity contribution in [3.05, 3.63) is 59.7 Å². The highest BCUT2D eigenvalue weighted by atomic mass is 16.5. The summed E-state index contributed by atoms with van der Waals surface area (Å²) in [5.41, 5.74) is 2.60. The van der Waals surface area contributed by atoms with E-state index in [-0.39, 0.29) is 23.8 Å². The first-order chi connectivity index (χ1) is 15.9. The van der Waals surface area contributed by atoms with E-state index in [9.17, 15) is 9.59 Å². The van der Waals surface area contributed by atoms with Gasteiger partial charge < -0.3 is 20.1 Å². The van der Waals surface area contributed by atoms with Crippen molar-refractivity contribution in [1.82, 2.24) is 5.32 Å². The van der Waals surface area contributed by atoms with Crippen LogP contribution < -0.4 is 20.1 Å². The Morgan fingerprint density at radius 2 is 1.76 bits per heavy atom. The summed E-state index contributed by atoms with van der Waals surface area (Å²) in [5, 5.41) is 5.89. The van der Waals surface area contributed by atoms with Crippen LogP contribution in [0.4, 0.5) is 5.69 Å². The number of amides is 2. The van der Waals surface area contributed by atoms with Crippen LogP contribution in [-0.2, 0) is 9.59 Å². The number of anilines is 1. The molecule has 1 aliphatic carbocycles. The summed E-state index contributed by atoms with van der Waals surface area (Å²) >= 11 is 0. The summed E-state index contributed by atoms with van der Waals surface area (Å²) in [6, 6.07) is 13.1. The van der Waals surface area contributed by atoms with Crippen LogP contribution in [0, 0.1) is 11.8 Å². The van der Waals surface area contributed by atoms with E-state index in [4.69, 9.17) is 9.47 Å². The Hall–Kier alpha value is -3.28. The maximum absolute atomic E-state index is 12.4. The number of hydrogen-bond acceptors (Lipinski definition) is 4. The Labute approximate surface area is 196 Å². The van der Waals surface area contributed by atoms with E-state index >= 15 is 0 Å². The third-order valence-corrected chi connectivity index (χ3v) is 5.25. The second-order valence-electron chi connectivity index (χ2n) is 8.79. The standard InChI is InChI=1S/C27H34N2O4/c1-5-32-25-16-20(6-14-24(25)33-17-18(2)3)7-15-26(30)28-19(4)21-10-12-23(13-11-21)29-27(31)22-8-9-22/h6-7,10-16,18-19,22H,5,8-9,17H2,1-4H3,(H,28,30)(H,29,31)/b15-7+. The van der Waals surface area contributed by atoms with Crippen LogP contribution in [0.1, 0.15) is 57.7 Å². The van der Waals surface area contributed by atoms with Crippen LogP contribution in [0.15, 0.2) is 48.5 Å². The zero-order valence-corrected chi connectivity index (χ0v) is 19.9. The predicted octanol–water partition coefficient (Wildman–Crippen LogP) is 5.36. The highest BCUT2D eigenvalue weighted by molar-refractivity contribution is 5.94. The van der Waals surface area contributed by atoms with Gasteiger partial charge in [-0.3, -0.25) is 9.59 Å². The normalized spacial score (nSPS) is 14.2. The van der Waals surface area contributed by atoms with Gasteiger partial charge in [0.25, 0.3) is 0 Å². The van der Waals surface area contributed by atoms with E-state index < -0.39 is 0 Å². The van der Waals surface area contributed by atoms with Crippen LogP contribution in [-0.4, -0.2) is 25.0 Å². The molecule has 2 aromatic carbocycles. The minimum atomic E-state index is -0.188. The van der Waals surface area contributed by atoms with Crippen LogP contribution in [0.5, 0.6) is 11.5 Å². The van der Waals surface area contributed by atoms with E-state index in [2.05, 4.69) is 24.5 Å². The molecule has 1 aliphatic rings. The quantitative estimate of drug-likeness (QED) is 0.452. The molecule has 33 heavy (non-hydrogen) atoms. The monoisotopic (exact) mass is 450 g/mol. The van der Waals surface area contributed by atoms with Gasteiger partial charge in [-0.05, 0) is 74.1 Å². The average Bonchev–Trinajstić information content (AvgIpc) is 3.63. The Morgan fingerprint density at radius 3 is 2.39 bits per heavy atom. The summed E-state index contributed by atoms with van der Waals surface area (Å²) < 4.78 is 11.5. The van der Waals surface area contributed by atoms with Crippen molar-refractivity contribution in [3.8, 4) is 11.5 Å². The summed E-state index contributed by atoms with van der Waals surface area (Å²) in [6.45, 7) is 9.20. The fourth-order valence-corrected chi connectivity index (χ4v) is 3.23. The SMILES string of the molecule is CCOc1cc(/C=C/C(=O)NC(C)c2ccc(NC(=O)C3CC3)cc2)ccc1OCC(C)C. The molecule has 1 atom stereocenters. The number of carbonyl (C=O) groups excluding carboxylic acids is 2. The number of ether oxygens (including phenoxy) is 2. The van der Waals surface area contributed by atoms with Gasteiger partial charge in [-0.1, -0.05) is 32.0 Å². The molecule has 0 radical (unpaired) electrons. The third-order valence-electron chi connectivity index (χ3n) is 5.25. The molecule has 0 aromatic heterocycles. The molecule has 0 heterocycles. The Morgan fingerprint density at radius 1 is 1.03 bits per heavy atom. The molecule has 0 bridgehead atoms. The summed E-state index contributed by atoms with van der Waals surface area (Å²) in [7, 11) is 0. The van der Waals surface area contributed by atoms with Gasteiger partial charge in [0, 0.05) is 17.7 Å². The lowest BCUT2D eigenvalue weighted by molar-refractivity contribution is -0.118. The molecule has 2 N–H and O–H groups in total. The van der Waals surface area contributed by atoms with Gasteiger partial charge in [-0.15, -0.1) is 0 Å². The van der Waals surface area contributed by atoms with Crippen molar-refractivity contribution >= 4 is 23.6 Å². The predicted molar refractivity (Wildman–Crippen MR) is 131 cm³/mol. The van der Waals surface area contributed by atoms with E-state index in [0.29, 0.717) is 30.6 Å². The molecule has 2 aromatic rings. The first-order valence-corrected chi connectivity index (χ1v) is 11.6. The van der Waals surface area contributed by atoms with Gasteiger partial charge in [0.2, 0.25) is 11.8 Å². The van der Waals surface area contributed by atoms with E-state index in [1.54, 1.807) is 6.08 Å². The van der Waals surface area contributed by atoms with Gasteiger partial charge in [0.05, 0.1) is 19.3 Å². The number of hydrogen-bond donors (Lipinski definition) is 2. The molecule has 176 valence electrons. The first kappa shape index (κ1) is 24.4. The van der Waals surface area contributed by atoms with Crippen molar-refractivity contribution in [2.24, 2.45) is 11.8 Å².